The van der Waals surface area contributed by atoms with Gasteiger partial charge in [0.2, 0.25) is 0 Å². The minimum Gasteiger partial charge on any atom is -0.507 e. The highest BCUT2D eigenvalue weighted by Gasteiger charge is 2.31. The van der Waals surface area contributed by atoms with Crippen molar-refractivity contribution >= 4 is 11.8 Å². The van der Waals surface area contributed by atoms with E-state index in [2.05, 4.69) is 13.8 Å². The average Bonchev–Trinajstić information content (AvgIpc) is 2.68. The summed E-state index contributed by atoms with van der Waals surface area (Å²) < 4.78 is 5.97. The standard InChI is InChI=1S/C13H18O2S/c1-6(2)13-15-11-8(4)7(3)10(14)9(5)12(11)16-13/h6,13-14H,1-5H3. The average molecular weight is 238 g/mol. The molecule has 0 saturated carbocycles. The maximum atomic E-state index is 10.0. The van der Waals surface area contributed by atoms with E-state index >= 15 is 0 Å². The molecule has 2 nitrogen and oxygen atoms in total. The zero-order valence-electron chi connectivity index (χ0n) is 10.4. The van der Waals surface area contributed by atoms with Crippen molar-refractivity contribution in [2.75, 3.05) is 0 Å². The van der Waals surface area contributed by atoms with E-state index in [4.69, 9.17) is 4.74 Å². The summed E-state index contributed by atoms with van der Waals surface area (Å²) in [7, 11) is 0. The van der Waals surface area contributed by atoms with Crippen molar-refractivity contribution < 1.29 is 9.84 Å². The van der Waals surface area contributed by atoms with Crippen LogP contribution in [-0.2, 0) is 0 Å². The zero-order valence-corrected chi connectivity index (χ0v) is 11.2. The van der Waals surface area contributed by atoms with Gasteiger partial charge in [0.25, 0.3) is 0 Å². The predicted octanol–water partition coefficient (Wildman–Crippen LogP) is 3.78. The first-order chi connectivity index (χ1) is 7.43. The summed E-state index contributed by atoms with van der Waals surface area (Å²) in [5, 5.41) is 10.0. The first-order valence-electron chi connectivity index (χ1n) is 5.59. The molecule has 1 atom stereocenters. The molecule has 16 heavy (non-hydrogen) atoms. The van der Waals surface area contributed by atoms with Gasteiger partial charge in [0.05, 0.1) is 4.90 Å². The zero-order chi connectivity index (χ0) is 12.0. The normalized spacial score (nSPS) is 18.8. The quantitative estimate of drug-likeness (QED) is 0.807. The summed E-state index contributed by atoms with van der Waals surface area (Å²) in [6.07, 6.45) is 0. The third-order valence-corrected chi connectivity index (χ3v) is 4.77. The van der Waals surface area contributed by atoms with Crippen LogP contribution in [0.2, 0.25) is 0 Å². The molecule has 0 aliphatic carbocycles. The van der Waals surface area contributed by atoms with Crippen LogP contribution in [0.1, 0.15) is 30.5 Å². The largest absolute Gasteiger partial charge is 0.507 e. The molecule has 1 heterocycles. The fourth-order valence-electron chi connectivity index (χ4n) is 1.89. The maximum absolute atomic E-state index is 10.0. The molecule has 1 N–H and O–H groups in total. The Kier molecular flexibility index (Phi) is 2.82. The number of phenols is 1. The lowest BCUT2D eigenvalue weighted by Crippen LogP contribution is -2.14. The Morgan fingerprint density at radius 1 is 1.12 bits per heavy atom. The van der Waals surface area contributed by atoms with E-state index in [1.54, 1.807) is 11.8 Å². The molecule has 0 spiro atoms. The minimum atomic E-state index is 0.175. The van der Waals surface area contributed by atoms with Gasteiger partial charge in [0.15, 0.2) is 5.44 Å². The predicted molar refractivity (Wildman–Crippen MR) is 67.4 cm³/mol. The van der Waals surface area contributed by atoms with Crippen molar-refractivity contribution in [1.29, 1.82) is 0 Å². The third kappa shape index (κ3) is 1.58. The van der Waals surface area contributed by atoms with Crippen LogP contribution >= 0.6 is 11.8 Å². The molecule has 0 radical (unpaired) electrons. The number of fused-ring (bicyclic) bond motifs is 1. The van der Waals surface area contributed by atoms with E-state index in [1.165, 1.54) is 0 Å². The highest BCUT2D eigenvalue weighted by Crippen LogP contribution is 2.50. The van der Waals surface area contributed by atoms with Gasteiger partial charge in [0.1, 0.15) is 11.5 Å². The molecule has 2 rings (SSSR count). The van der Waals surface area contributed by atoms with Crippen molar-refractivity contribution in [1.82, 2.24) is 0 Å². The second kappa shape index (κ2) is 3.88. The van der Waals surface area contributed by atoms with E-state index in [1.807, 2.05) is 20.8 Å². The lowest BCUT2D eigenvalue weighted by molar-refractivity contribution is 0.241. The number of thioether (sulfide) groups is 1. The second-order valence-electron chi connectivity index (χ2n) is 4.73. The molecule has 1 unspecified atom stereocenters. The summed E-state index contributed by atoms with van der Waals surface area (Å²) in [4.78, 5) is 1.11. The van der Waals surface area contributed by atoms with Gasteiger partial charge < -0.3 is 9.84 Å². The minimum absolute atomic E-state index is 0.175. The molecule has 88 valence electrons. The van der Waals surface area contributed by atoms with E-state index in [9.17, 15) is 5.11 Å². The van der Waals surface area contributed by atoms with Crippen LogP contribution in [0.3, 0.4) is 0 Å². The Hall–Kier alpha value is -0.830. The molecule has 1 aromatic carbocycles. The van der Waals surface area contributed by atoms with Gasteiger partial charge in [0, 0.05) is 11.5 Å². The van der Waals surface area contributed by atoms with Crippen LogP contribution in [-0.4, -0.2) is 10.5 Å². The maximum Gasteiger partial charge on any atom is 0.151 e. The van der Waals surface area contributed by atoms with Gasteiger partial charge in [-0.1, -0.05) is 25.6 Å². The number of hydrogen-bond acceptors (Lipinski definition) is 3. The Bertz CT molecular complexity index is 401. The van der Waals surface area contributed by atoms with Crippen molar-refractivity contribution in [3.63, 3.8) is 0 Å². The number of benzene rings is 1. The third-order valence-electron chi connectivity index (χ3n) is 3.17. The molecule has 0 fully saturated rings. The van der Waals surface area contributed by atoms with Crippen LogP contribution in [0.5, 0.6) is 11.5 Å². The Labute approximate surface area is 101 Å². The van der Waals surface area contributed by atoms with Crippen LogP contribution in [0.15, 0.2) is 4.90 Å². The van der Waals surface area contributed by atoms with Crippen LogP contribution in [0.25, 0.3) is 0 Å². The number of ether oxygens (including phenoxy) is 1. The molecule has 0 amide bonds. The summed E-state index contributed by atoms with van der Waals surface area (Å²) in [5.41, 5.74) is 3.12. The first-order valence-corrected chi connectivity index (χ1v) is 6.47. The van der Waals surface area contributed by atoms with Crippen LogP contribution in [0, 0.1) is 26.7 Å². The summed E-state index contributed by atoms with van der Waals surface area (Å²) in [6.45, 7) is 10.2. The van der Waals surface area contributed by atoms with E-state index in [0.29, 0.717) is 11.7 Å². The number of hydrogen-bond donors (Lipinski definition) is 1. The summed E-state index contributed by atoms with van der Waals surface area (Å²) >= 11 is 1.73. The molecule has 0 saturated heterocycles. The molecule has 0 bridgehead atoms. The smallest absolute Gasteiger partial charge is 0.151 e. The topological polar surface area (TPSA) is 29.5 Å². The molecular formula is C13H18O2S. The van der Waals surface area contributed by atoms with Gasteiger partial charge in [-0.05, 0) is 31.9 Å². The lowest BCUT2D eigenvalue weighted by atomic mass is 10.0. The molecule has 1 aliphatic rings. The van der Waals surface area contributed by atoms with Gasteiger partial charge >= 0.3 is 0 Å². The molecule has 0 aromatic heterocycles. The number of rotatable bonds is 1. The van der Waals surface area contributed by atoms with Gasteiger partial charge in [-0.25, -0.2) is 0 Å². The van der Waals surface area contributed by atoms with Gasteiger partial charge in [-0.2, -0.15) is 0 Å². The van der Waals surface area contributed by atoms with Crippen molar-refractivity contribution in [2.24, 2.45) is 5.92 Å². The SMILES string of the molecule is Cc1c(C)c2c(c(C)c1O)SC(C(C)C)O2. The van der Waals surface area contributed by atoms with Crippen molar-refractivity contribution in [2.45, 2.75) is 45.0 Å². The lowest BCUT2D eigenvalue weighted by Gasteiger charge is -2.14. The van der Waals surface area contributed by atoms with Crippen LogP contribution < -0.4 is 4.74 Å². The van der Waals surface area contributed by atoms with Gasteiger partial charge in [-0.3, -0.25) is 0 Å². The number of aromatic hydroxyl groups is 1. The van der Waals surface area contributed by atoms with E-state index in [-0.39, 0.29) is 5.44 Å². The van der Waals surface area contributed by atoms with E-state index in [0.717, 1.165) is 27.3 Å². The molecular weight excluding hydrogens is 220 g/mol. The van der Waals surface area contributed by atoms with Gasteiger partial charge in [-0.15, -0.1) is 0 Å². The fourth-order valence-corrected chi connectivity index (χ4v) is 3.12. The van der Waals surface area contributed by atoms with Crippen molar-refractivity contribution in [3.8, 4) is 11.5 Å². The first kappa shape index (κ1) is 11.6. The van der Waals surface area contributed by atoms with E-state index < -0.39 is 0 Å². The Morgan fingerprint density at radius 2 is 1.75 bits per heavy atom. The van der Waals surface area contributed by atoms with Crippen LogP contribution in [0.4, 0.5) is 0 Å². The monoisotopic (exact) mass is 238 g/mol. The molecule has 3 heteroatoms. The highest BCUT2D eigenvalue weighted by molar-refractivity contribution is 8.00. The summed E-state index contributed by atoms with van der Waals surface area (Å²) in [5.74, 6) is 1.85. The summed E-state index contributed by atoms with van der Waals surface area (Å²) in [6, 6.07) is 0. The fraction of sp³-hybridized carbons (Fsp3) is 0.538. The number of phenolic OH excluding ortho intramolecular Hbond substituents is 1. The Morgan fingerprint density at radius 3 is 2.31 bits per heavy atom. The highest BCUT2D eigenvalue weighted by atomic mass is 32.2. The molecule has 1 aliphatic heterocycles. The second-order valence-corrected chi connectivity index (χ2v) is 5.84. The Balaban J connectivity index is 2.53. The van der Waals surface area contributed by atoms with Crippen molar-refractivity contribution in [3.05, 3.63) is 16.7 Å². The molecule has 1 aromatic rings.